The summed E-state index contributed by atoms with van der Waals surface area (Å²) in [5.41, 5.74) is 2.80. The minimum absolute atomic E-state index is 0.410. The van der Waals surface area contributed by atoms with Gasteiger partial charge in [0.15, 0.2) is 0 Å². The zero-order valence-electron chi connectivity index (χ0n) is 11.9. The van der Waals surface area contributed by atoms with E-state index in [1.807, 2.05) is 11.3 Å². The molecule has 1 heterocycles. The number of thiophene rings is 1. The van der Waals surface area contributed by atoms with E-state index in [4.69, 9.17) is 0 Å². The maximum Gasteiger partial charge on any atom is 0.0358 e. The van der Waals surface area contributed by atoms with Gasteiger partial charge in [0.05, 0.1) is 0 Å². The van der Waals surface area contributed by atoms with Crippen molar-refractivity contribution in [3.05, 3.63) is 83.9 Å². The molecule has 1 unspecified atom stereocenters. The van der Waals surface area contributed by atoms with Crippen molar-refractivity contribution in [2.75, 3.05) is 0 Å². The first kappa shape index (κ1) is 12.6. The lowest BCUT2D eigenvalue weighted by Gasteiger charge is -2.14. The molecule has 0 radical (unpaired) electrons. The fraction of sp³-hybridized carbons (Fsp3) is 0.100. The molecule has 3 aromatic carbocycles. The van der Waals surface area contributed by atoms with Crippen LogP contribution in [0.4, 0.5) is 0 Å². The third-order valence-corrected chi connectivity index (χ3v) is 5.34. The molecule has 0 saturated heterocycles. The average Bonchev–Trinajstić information content (AvgIpc) is 2.93. The number of fused-ring (bicyclic) bond motifs is 3. The van der Waals surface area contributed by atoms with Crippen LogP contribution in [-0.2, 0) is 0 Å². The monoisotopic (exact) mass is 288 g/mol. The molecule has 102 valence electrons. The molecule has 0 bridgehead atoms. The molecule has 1 atom stereocenters. The molecule has 0 fully saturated rings. The lowest BCUT2D eigenvalue weighted by atomic mass is 9.90. The number of hydrogen-bond acceptors (Lipinski definition) is 1. The minimum Gasteiger partial charge on any atom is -0.135 e. The topological polar surface area (TPSA) is 0 Å². The molecule has 0 N–H and O–H groups in total. The van der Waals surface area contributed by atoms with E-state index in [1.54, 1.807) is 0 Å². The van der Waals surface area contributed by atoms with Crippen molar-refractivity contribution in [3.8, 4) is 0 Å². The van der Waals surface area contributed by atoms with Crippen LogP contribution in [0.15, 0.2) is 72.8 Å². The smallest absolute Gasteiger partial charge is 0.0358 e. The first-order valence-electron chi connectivity index (χ1n) is 7.29. The van der Waals surface area contributed by atoms with Crippen LogP contribution in [0.25, 0.3) is 20.2 Å². The van der Waals surface area contributed by atoms with Crippen molar-refractivity contribution in [1.29, 1.82) is 0 Å². The van der Waals surface area contributed by atoms with Crippen LogP contribution in [-0.4, -0.2) is 0 Å². The Kier molecular flexibility index (Phi) is 3.01. The molecule has 0 amide bonds. The Balaban J connectivity index is 2.00. The molecular weight excluding hydrogens is 272 g/mol. The average molecular weight is 288 g/mol. The van der Waals surface area contributed by atoms with Crippen molar-refractivity contribution < 1.29 is 0 Å². The summed E-state index contributed by atoms with van der Waals surface area (Å²) < 4.78 is 2.76. The maximum absolute atomic E-state index is 2.30. The predicted octanol–water partition coefficient (Wildman–Crippen LogP) is 6.21. The first-order chi connectivity index (χ1) is 10.3. The van der Waals surface area contributed by atoms with Gasteiger partial charge in [-0.25, -0.2) is 0 Å². The lowest BCUT2D eigenvalue weighted by Crippen LogP contribution is -1.96. The number of hydrogen-bond donors (Lipinski definition) is 0. The van der Waals surface area contributed by atoms with E-state index in [9.17, 15) is 0 Å². The summed E-state index contributed by atoms with van der Waals surface area (Å²) in [6, 6.07) is 26.2. The first-order valence-corrected chi connectivity index (χ1v) is 8.11. The second kappa shape index (κ2) is 5.01. The number of rotatable bonds is 2. The zero-order chi connectivity index (χ0) is 14.2. The van der Waals surface area contributed by atoms with E-state index in [0.717, 1.165) is 0 Å². The summed E-state index contributed by atoms with van der Waals surface area (Å²) >= 11 is 1.89. The van der Waals surface area contributed by atoms with Crippen molar-refractivity contribution in [3.63, 3.8) is 0 Å². The van der Waals surface area contributed by atoms with Crippen molar-refractivity contribution >= 4 is 31.5 Å². The Morgan fingerprint density at radius 3 is 2.29 bits per heavy atom. The summed E-state index contributed by atoms with van der Waals surface area (Å²) in [5, 5.41) is 2.81. The lowest BCUT2D eigenvalue weighted by molar-refractivity contribution is 0.934. The Labute approximate surface area is 128 Å². The second-order valence-electron chi connectivity index (χ2n) is 5.45. The van der Waals surface area contributed by atoms with Gasteiger partial charge in [0, 0.05) is 26.1 Å². The van der Waals surface area contributed by atoms with Crippen LogP contribution in [0.3, 0.4) is 0 Å². The highest BCUT2D eigenvalue weighted by Crippen LogP contribution is 2.39. The molecule has 1 aromatic heterocycles. The molecule has 21 heavy (non-hydrogen) atoms. The third-order valence-electron chi connectivity index (χ3n) is 4.20. The van der Waals surface area contributed by atoms with Crippen LogP contribution in [0.5, 0.6) is 0 Å². The highest BCUT2D eigenvalue weighted by Gasteiger charge is 2.14. The summed E-state index contributed by atoms with van der Waals surface area (Å²) in [5.74, 6) is 0.410. The maximum atomic E-state index is 2.30. The Morgan fingerprint density at radius 2 is 1.43 bits per heavy atom. The Morgan fingerprint density at radius 1 is 0.714 bits per heavy atom. The van der Waals surface area contributed by atoms with E-state index < -0.39 is 0 Å². The van der Waals surface area contributed by atoms with E-state index >= 15 is 0 Å². The van der Waals surface area contributed by atoms with Gasteiger partial charge in [-0.2, -0.15) is 0 Å². The van der Waals surface area contributed by atoms with Gasteiger partial charge in [0.2, 0.25) is 0 Å². The van der Waals surface area contributed by atoms with Gasteiger partial charge in [0.25, 0.3) is 0 Å². The van der Waals surface area contributed by atoms with Crippen LogP contribution < -0.4 is 0 Å². The molecule has 1 heteroatoms. The highest BCUT2D eigenvalue weighted by atomic mass is 32.1. The molecule has 0 aliphatic carbocycles. The van der Waals surface area contributed by atoms with E-state index in [-0.39, 0.29) is 0 Å². The standard InChI is InChI=1S/C20H16S/c1-14(15-8-3-2-4-9-15)16-11-7-13-19-20(16)17-10-5-6-12-18(17)21-19/h2-14H,1H3. The highest BCUT2D eigenvalue weighted by molar-refractivity contribution is 7.25. The van der Waals surface area contributed by atoms with Crippen molar-refractivity contribution in [2.24, 2.45) is 0 Å². The van der Waals surface area contributed by atoms with Crippen LogP contribution >= 0.6 is 11.3 Å². The van der Waals surface area contributed by atoms with Crippen LogP contribution in [0.1, 0.15) is 24.0 Å². The van der Waals surface area contributed by atoms with Gasteiger partial charge in [-0.15, -0.1) is 11.3 Å². The summed E-state index contributed by atoms with van der Waals surface area (Å²) in [6.07, 6.45) is 0. The molecule has 0 aliphatic rings. The number of benzene rings is 3. The summed E-state index contributed by atoms with van der Waals surface area (Å²) in [4.78, 5) is 0. The van der Waals surface area contributed by atoms with Gasteiger partial charge in [0.1, 0.15) is 0 Å². The summed E-state index contributed by atoms with van der Waals surface area (Å²) in [6.45, 7) is 2.30. The van der Waals surface area contributed by atoms with Crippen LogP contribution in [0, 0.1) is 0 Å². The Bertz CT molecular complexity index is 903. The SMILES string of the molecule is CC(c1ccccc1)c1cccc2sc3ccccc3c12. The van der Waals surface area contributed by atoms with Crippen molar-refractivity contribution in [2.45, 2.75) is 12.8 Å². The molecule has 0 aliphatic heterocycles. The van der Waals surface area contributed by atoms with E-state index in [1.165, 1.54) is 31.3 Å². The second-order valence-corrected chi connectivity index (χ2v) is 6.53. The molecule has 0 spiro atoms. The Hall–Kier alpha value is -2.12. The molecule has 4 rings (SSSR count). The van der Waals surface area contributed by atoms with E-state index in [0.29, 0.717) is 5.92 Å². The fourth-order valence-electron chi connectivity index (χ4n) is 3.08. The molecular formula is C20H16S. The zero-order valence-corrected chi connectivity index (χ0v) is 12.7. The fourth-order valence-corrected chi connectivity index (χ4v) is 4.22. The van der Waals surface area contributed by atoms with Crippen LogP contribution in [0.2, 0.25) is 0 Å². The summed E-state index contributed by atoms with van der Waals surface area (Å²) in [7, 11) is 0. The minimum atomic E-state index is 0.410. The largest absolute Gasteiger partial charge is 0.135 e. The molecule has 0 saturated carbocycles. The van der Waals surface area contributed by atoms with E-state index in [2.05, 4.69) is 79.7 Å². The molecule has 4 aromatic rings. The van der Waals surface area contributed by atoms with Gasteiger partial charge in [-0.05, 0) is 23.3 Å². The van der Waals surface area contributed by atoms with Gasteiger partial charge >= 0.3 is 0 Å². The normalized spacial score (nSPS) is 12.8. The third kappa shape index (κ3) is 2.05. The predicted molar refractivity (Wildman–Crippen MR) is 93.3 cm³/mol. The van der Waals surface area contributed by atoms with Gasteiger partial charge < -0.3 is 0 Å². The van der Waals surface area contributed by atoms with Gasteiger partial charge in [-0.1, -0.05) is 67.6 Å². The molecule has 0 nitrogen and oxygen atoms in total. The van der Waals surface area contributed by atoms with Gasteiger partial charge in [-0.3, -0.25) is 0 Å². The van der Waals surface area contributed by atoms with Crippen molar-refractivity contribution in [1.82, 2.24) is 0 Å². The quantitative estimate of drug-likeness (QED) is 0.411.